The molecule has 1 aromatic heterocycles. The highest BCUT2D eigenvalue weighted by molar-refractivity contribution is 5.83. The molecule has 0 aliphatic rings. The molecule has 5 atom stereocenters. The fourth-order valence-electron chi connectivity index (χ4n) is 2.55. The molecule has 29 heavy (non-hydrogen) atoms. The lowest BCUT2D eigenvalue weighted by atomic mass is 9.99. The average molecular weight is 413 g/mol. The number of nitrogens with two attached hydrogens (primary N) is 1. The second-order valence-corrected chi connectivity index (χ2v) is 7.19. The van der Waals surface area contributed by atoms with E-state index in [0.717, 1.165) is 6.42 Å². The lowest BCUT2D eigenvalue weighted by Gasteiger charge is -2.23. The van der Waals surface area contributed by atoms with E-state index in [1.165, 1.54) is 0 Å². The minimum Gasteiger partial charge on any atom is -0.481 e. The van der Waals surface area contributed by atoms with Crippen molar-refractivity contribution in [3.05, 3.63) is 11.8 Å². The van der Waals surface area contributed by atoms with Gasteiger partial charge < -0.3 is 31.0 Å². The number of nitrogens with zero attached hydrogens (tertiary/aromatic N) is 2. The molecule has 3 unspecified atom stereocenters. The molecule has 164 valence electrons. The summed E-state index contributed by atoms with van der Waals surface area (Å²) in [7, 11) is 0. The minimum absolute atomic E-state index is 0.0869. The first-order chi connectivity index (χ1) is 13.6. The van der Waals surface area contributed by atoms with Gasteiger partial charge in [0.2, 0.25) is 11.8 Å². The lowest BCUT2D eigenvalue weighted by molar-refractivity contribution is -0.140. The number of carboxylic acid groups (broad SMARTS) is 2. The van der Waals surface area contributed by atoms with Crippen LogP contribution < -0.4 is 16.4 Å². The van der Waals surface area contributed by atoms with E-state index in [0.29, 0.717) is 6.42 Å². The zero-order valence-corrected chi connectivity index (χ0v) is 17.2. The number of nitrogens with one attached hydrogen (secondary N) is 2. The summed E-state index contributed by atoms with van der Waals surface area (Å²) < 4.78 is 5.70. The standard InChI is InChI=1S/C18H31N5O6/c1-5-9(3)13(19)15-22-23-16(29-15)14(10(4)6-2)21-18(28)20-11(17(26)27)7-8-12(24)25/h9-11,13-14H,5-8,19H2,1-4H3,(H,24,25)(H,26,27)(H2,20,21,28)/t9?,10-,11-,13?,14?/m0/s1. The fourth-order valence-corrected chi connectivity index (χ4v) is 2.55. The zero-order chi connectivity index (χ0) is 22.1. The van der Waals surface area contributed by atoms with Gasteiger partial charge in [-0.3, -0.25) is 4.79 Å². The Labute approximate surface area is 169 Å². The third-order valence-corrected chi connectivity index (χ3v) is 5.01. The predicted molar refractivity (Wildman–Crippen MR) is 103 cm³/mol. The number of hydrogen-bond acceptors (Lipinski definition) is 7. The van der Waals surface area contributed by atoms with Crippen LogP contribution in [0.2, 0.25) is 0 Å². The molecule has 11 nitrogen and oxygen atoms in total. The smallest absolute Gasteiger partial charge is 0.326 e. The predicted octanol–water partition coefficient (Wildman–Crippen LogP) is 1.82. The summed E-state index contributed by atoms with van der Waals surface area (Å²) in [4.78, 5) is 34.3. The number of urea groups is 1. The second-order valence-electron chi connectivity index (χ2n) is 7.19. The van der Waals surface area contributed by atoms with Crippen LogP contribution in [0.3, 0.4) is 0 Å². The van der Waals surface area contributed by atoms with Crippen LogP contribution in [0.1, 0.15) is 77.2 Å². The van der Waals surface area contributed by atoms with Gasteiger partial charge in [-0.25, -0.2) is 9.59 Å². The van der Waals surface area contributed by atoms with Crippen LogP contribution in [0.15, 0.2) is 4.42 Å². The van der Waals surface area contributed by atoms with Crippen molar-refractivity contribution >= 4 is 18.0 Å². The Morgan fingerprint density at radius 1 is 1.03 bits per heavy atom. The van der Waals surface area contributed by atoms with Gasteiger partial charge >= 0.3 is 18.0 Å². The van der Waals surface area contributed by atoms with Crippen LogP contribution >= 0.6 is 0 Å². The van der Waals surface area contributed by atoms with Crippen LogP contribution in [-0.4, -0.2) is 44.4 Å². The van der Waals surface area contributed by atoms with Crippen LogP contribution in [0.5, 0.6) is 0 Å². The van der Waals surface area contributed by atoms with Gasteiger partial charge in [-0.1, -0.05) is 40.5 Å². The van der Waals surface area contributed by atoms with Gasteiger partial charge in [-0.15, -0.1) is 10.2 Å². The van der Waals surface area contributed by atoms with E-state index >= 15 is 0 Å². The van der Waals surface area contributed by atoms with Crippen molar-refractivity contribution in [1.29, 1.82) is 0 Å². The third kappa shape index (κ3) is 7.33. The molecule has 0 saturated carbocycles. The van der Waals surface area contributed by atoms with E-state index in [1.807, 2.05) is 27.7 Å². The van der Waals surface area contributed by atoms with Crippen LogP contribution in [0.25, 0.3) is 0 Å². The second kappa shape index (κ2) is 11.3. The van der Waals surface area contributed by atoms with E-state index in [-0.39, 0.29) is 36.5 Å². The quantitative estimate of drug-likeness (QED) is 0.341. The molecule has 6 N–H and O–H groups in total. The normalized spacial score (nSPS) is 16.3. The lowest BCUT2D eigenvalue weighted by Crippen LogP contribution is -2.48. The van der Waals surface area contributed by atoms with Crippen molar-refractivity contribution in [2.75, 3.05) is 0 Å². The molecule has 0 aromatic carbocycles. The molecular formula is C18H31N5O6. The Morgan fingerprint density at radius 3 is 2.14 bits per heavy atom. The van der Waals surface area contributed by atoms with Crippen LogP contribution in [-0.2, 0) is 9.59 Å². The Hall–Kier alpha value is -2.69. The van der Waals surface area contributed by atoms with Crippen molar-refractivity contribution in [2.45, 2.75) is 71.5 Å². The highest BCUT2D eigenvalue weighted by atomic mass is 16.4. The van der Waals surface area contributed by atoms with E-state index in [2.05, 4.69) is 20.8 Å². The summed E-state index contributed by atoms with van der Waals surface area (Å²) in [6.07, 6.45) is 0.899. The summed E-state index contributed by atoms with van der Waals surface area (Å²) >= 11 is 0. The monoisotopic (exact) mass is 413 g/mol. The van der Waals surface area contributed by atoms with E-state index in [9.17, 15) is 19.5 Å². The largest absolute Gasteiger partial charge is 0.481 e. The number of aromatic nitrogens is 2. The van der Waals surface area contributed by atoms with Crippen LogP contribution in [0, 0.1) is 11.8 Å². The topological polar surface area (TPSA) is 181 Å². The van der Waals surface area contributed by atoms with E-state index < -0.39 is 36.1 Å². The van der Waals surface area contributed by atoms with Gasteiger partial charge in [0.05, 0.1) is 6.04 Å². The van der Waals surface area contributed by atoms with Gasteiger partial charge in [0.25, 0.3) is 0 Å². The Kier molecular flexibility index (Phi) is 9.53. The minimum atomic E-state index is -1.33. The highest BCUT2D eigenvalue weighted by Gasteiger charge is 2.29. The maximum atomic E-state index is 12.4. The Balaban J connectivity index is 2.91. The zero-order valence-electron chi connectivity index (χ0n) is 17.2. The third-order valence-electron chi connectivity index (χ3n) is 5.01. The SMILES string of the molecule is CCC(C)C(N)c1nnc(C(NC(=O)N[C@@H](CCC(=O)O)C(=O)O)[C@@H](C)CC)o1. The number of aliphatic carboxylic acids is 2. The van der Waals surface area contributed by atoms with Crippen molar-refractivity contribution in [3.63, 3.8) is 0 Å². The first-order valence-corrected chi connectivity index (χ1v) is 9.71. The van der Waals surface area contributed by atoms with Gasteiger partial charge in [-0.05, 0) is 18.3 Å². The summed E-state index contributed by atoms with van der Waals surface area (Å²) in [5.41, 5.74) is 6.12. The number of carbonyl (C=O) groups excluding carboxylic acids is 1. The summed E-state index contributed by atoms with van der Waals surface area (Å²) in [5.74, 6) is -1.97. The molecule has 0 spiro atoms. The number of hydrogen-bond donors (Lipinski definition) is 5. The molecule has 2 amide bonds. The van der Waals surface area contributed by atoms with Gasteiger partial charge in [0.15, 0.2) is 0 Å². The van der Waals surface area contributed by atoms with E-state index in [4.69, 9.17) is 15.3 Å². The summed E-state index contributed by atoms with van der Waals surface area (Å²) in [5, 5.41) is 30.9. The molecule has 0 aliphatic heterocycles. The summed E-state index contributed by atoms with van der Waals surface area (Å²) in [6, 6.07) is -3.18. The fraction of sp³-hybridized carbons (Fsp3) is 0.722. The highest BCUT2D eigenvalue weighted by Crippen LogP contribution is 2.27. The van der Waals surface area contributed by atoms with Crippen LogP contribution in [0.4, 0.5) is 4.79 Å². The molecule has 1 heterocycles. The van der Waals surface area contributed by atoms with Crippen molar-refractivity contribution < 1.29 is 29.0 Å². The molecule has 0 saturated heterocycles. The number of amides is 2. The van der Waals surface area contributed by atoms with E-state index in [1.54, 1.807) is 0 Å². The van der Waals surface area contributed by atoms with Crippen molar-refractivity contribution in [2.24, 2.45) is 17.6 Å². The first kappa shape index (κ1) is 24.3. The number of rotatable bonds is 12. The van der Waals surface area contributed by atoms with Crippen molar-refractivity contribution in [3.8, 4) is 0 Å². The molecule has 0 aliphatic carbocycles. The first-order valence-electron chi connectivity index (χ1n) is 9.71. The molecule has 0 bridgehead atoms. The molecule has 11 heteroatoms. The number of carbonyl (C=O) groups is 3. The van der Waals surface area contributed by atoms with Gasteiger partial charge in [0.1, 0.15) is 12.1 Å². The van der Waals surface area contributed by atoms with Gasteiger partial charge in [0, 0.05) is 6.42 Å². The molecule has 1 rings (SSSR count). The Morgan fingerprint density at radius 2 is 1.62 bits per heavy atom. The molecule has 1 aromatic rings. The Bertz CT molecular complexity index is 694. The molecular weight excluding hydrogens is 382 g/mol. The van der Waals surface area contributed by atoms with Crippen molar-refractivity contribution in [1.82, 2.24) is 20.8 Å². The maximum absolute atomic E-state index is 12.4. The molecule has 0 fully saturated rings. The summed E-state index contributed by atoms with van der Waals surface area (Å²) in [6.45, 7) is 7.77. The van der Waals surface area contributed by atoms with Gasteiger partial charge in [-0.2, -0.15) is 0 Å². The number of carboxylic acids is 2. The molecule has 0 radical (unpaired) electrons. The maximum Gasteiger partial charge on any atom is 0.326 e. The average Bonchev–Trinajstić information content (AvgIpc) is 3.16.